The lowest BCUT2D eigenvalue weighted by atomic mass is 10.00. The van der Waals surface area contributed by atoms with Crippen molar-refractivity contribution in [1.29, 1.82) is 0 Å². The Kier molecular flexibility index (Phi) is 7.18. The van der Waals surface area contributed by atoms with Crippen molar-refractivity contribution in [1.82, 2.24) is 14.5 Å². The molecule has 1 aliphatic heterocycles. The van der Waals surface area contributed by atoms with Gasteiger partial charge in [0, 0.05) is 35.9 Å². The number of amides is 1. The number of aliphatic hydroxyl groups is 1. The highest BCUT2D eigenvalue weighted by Gasteiger charge is 2.46. The predicted octanol–water partition coefficient (Wildman–Crippen LogP) is 5.34. The van der Waals surface area contributed by atoms with E-state index in [-0.39, 0.29) is 11.3 Å². The van der Waals surface area contributed by atoms with E-state index in [0.717, 1.165) is 16.0 Å². The van der Waals surface area contributed by atoms with Crippen LogP contribution in [-0.2, 0) is 22.7 Å². The van der Waals surface area contributed by atoms with Crippen molar-refractivity contribution in [3.8, 4) is 5.75 Å². The maximum atomic E-state index is 13.1. The Morgan fingerprint density at radius 1 is 1.05 bits per heavy atom. The molecule has 2 aromatic heterocycles. The third-order valence-corrected chi connectivity index (χ3v) is 7.44. The summed E-state index contributed by atoms with van der Waals surface area (Å²) in [6, 6.07) is 18.1. The lowest BCUT2D eigenvalue weighted by molar-refractivity contribution is -0.139. The number of ether oxygens (including phenoxy) is 1. The maximum absolute atomic E-state index is 13.1. The second kappa shape index (κ2) is 10.8. The van der Waals surface area contributed by atoms with Gasteiger partial charge in [-0.25, -0.2) is 4.98 Å². The first-order valence-corrected chi connectivity index (χ1v) is 13.0. The van der Waals surface area contributed by atoms with Crippen molar-refractivity contribution in [2.75, 3.05) is 6.54 Å². The van der Waals surface area contributed by atoms with Crippen molar-refractivity contribution >= 4 is 28.8 Å². The van der Waals surface area contributed by atoms with Crippen molar-refractivity contribution < 1.29 is 19.4 Å². The van der Waals surface area contributed by atoms with Crippen LogP contribution in [0.5, 0.6) is 5.75 Å². The molecule has 1 atom stereocenters. The summed E-state index contributed by atoms with van der Waals surface area (Å²) in [6.45, 7) is 3.52. The van der Waals surface area contributed by atoms with Crippen molar-refractivity contribution in [2.45, 2.75) is 32.5 Å². The zero-order valence-corrected chi connectivity index (χ0v) is 21.2. The minimum Gasteiger partial charge on any atom is -0.507 e. The fourth-order valence-corrected chi connectivity index (χ4v) is 5.34. The molecule has 8 heteroatoms. The van der Waals surface area contributed by atoms with Gasteiger partial charge in [-0.15, -0.1) is 11.3 Å². The first-order chi connectivity index (χ1) is 18.0. The summed E-state index contributed by atoms with van der Waals surface area (Å²) in [7, 11) is 0. The fraction of sp³-hybridized carbons (Fsp3) is 0.207. The van der Waals surface area contributed by atoms with Crippen LogP contribution in [0.3, 0.4) is 0 Å². The van der Waals surface area contributed by atoms with Crippen LogP contribution in [0.2, 0.25) is 0 Å². The normalized spacial score (nSPS) is 16.9. The summed E-state index contributed by atoms with van der Waals surface area (Å²) in [4.78, 5) is 32.6. The Bertz CT molecular complexity index is 1410. The van der Waals surface area contributed by atoms with Crippen molar-refractivity contribution in [3.63, 3.8) is 0 Å². The molecular weight excluding hydrogens is 486 g/mol. The molecule has 37 heavy (non-hydrogen) atoms. The number of benzene rings is 2. The van der Waals surface area contributed by atoms with E-state index in [1.54, 1.807) is 41.7 Å². The van der Waals surface area contributed by atoms with Gasteiger partial charge in [0.1, 0.15) is 18.1 Å². The molecule has 5 rings (SSSR count). The van der Waals surface area contributed by atoms with E-state index in [0.29, 0.717) is 37.4 Å². The number of likely N-dealkylation sites (tertiary alicyclic amines) is 1. The number of carbonyl (C=O) groups is 2. The van der Waals surface area contributed by atoms with E-state index in [4.69, 9.17) is 4.74 Å². The molecule has 0 spiro atoms. The number of Topliss-reactive ketones (excluding diaryl/α,β-unsaturated/α-hetero) is 1. The van der Waals surface area contributed by atoms with Crippen molar-refractivity contribution in [3.05, 3.63) is 112 Å². The van der Waals surface area contributed by atoms with Gasteiger partial charge in [-0.2, -0.15) is 0 Å². The number of rotatable bonds is 9. The average Bonchev–Trinajstić information content (AvgIpc) is 3.67. The second-order valence-electron chi connectivity index (χ2n) is 8.90. The van der Waals surface area contributed by atoms with Gasteiger partial charge >= 0.3 is 0 Å². The van der Waals surface area contributed by atoms with Gasteiger partial charge < -0.3 is 19.3 Å². The Morgan fingerprint density at radius 3 is 2.57 bits per heavy atom. The summed E-state index contributed by atoms with van der Waals surface area (Å²) >= 11 is 1.46. The van der Waals surface area contributed by atoms with E-state index >= 15 is 0 Å². The standard InChI is InChI=1S/C29H27N3O4S/c1-20-6-2-3-7-22(20)18-36-23-11-9-21(10-12-23)27(33)25-26(24-8-4-17-37-24)32(29(35)28(25)34)15-5-14-31-16-13-30-19-31/h2-4,6-13,16-17,19,26,33H,5,14-15,18H2,1H3/b27-25-. The fourth-order valence-electron chi connectivity index (χ4n) is 4.49. The van der Waals surface area contributed by atoms with Gasteiger partial charge in [0.2, 0.25) is 0 Å². The molecule has 0 aliphatic carbocycles. The van der Waals surface area contributed by atoms with Crippen LogP contribution in [0.1, 0.15) is 34.0 Å². The molecule has 1 saturated heterocycles. The van der Waals surface area contributed by atoms with Gasteiger partial charge in [-0.1, -0.05) is 30.3 Å². The topological polar surface area (TPSA) is 84.7 Å². The largest absolute Gasteiger partial charge is 0.507 e. The molecule has 188 valence electrons. The molecule has 1 amide bonds. The van der Waals surface area contributed by atoms with Crippen LogP contribution < -0.4 is 4.74 Å². The first kappa shape index (κ1) is 24.5. The van der Waals surface area contributed by atoms with Crippen LogP contribution >= 0.6 is 11.3 Å². The minimum absolute atomic E-state index is 0.114. The minimum atomic E-state index is -0.668. The van der Waals surface area contributed by atoms with Crippen LogP contribution in [0.4, 0.5) is 0 Å². The smallest absolute Gasteiger partial charge is 0.295 e. The van der Waals surface area contributed by atoms with E-state index in [1.165, 1.54) is 11.3 Å². The summed E-state index contributed by atoms with van der Waals surface area (Å²) < 4.78 is 7.84. The first-order valence-electron chi connectivity index (χ1n) is 12.1. The van der Waals surface area contributed by atoms with E-state index < -0.39 is 17.7 Å². The zero-order valence-electron chi connectivity index (χ0n) is 20.4. The lowest BCUT2D eigenvalue weighted by Gasteiger charge is -2.24. The molecule has 1 N–H and O–H groups in total. The number of aryl methyl sites for hydroxylation is 2. The Hall–Kier alpha value is -4.17. The number of hydrogen-bond donors (Lipinski definition) is 1. The summed E-state index contributed by atoms with van der Waals surface area (Å²) in [5.41, 5.74) is 2.82. The Balaban J connectivity index is 1.37. The predicted molar refractivity (Wildman–Crippen MR) is 142 cm³/mol. The summed E-state index contributed by atoms with van der Waals surface area (Å²) in [6.07, 6.45) is 5.94. The number of aromatic nitrogens is 2. The van der Waals surface area contributed by atoms with Crippen molar-refractivity contribution in [2.24, 2.45) is 0 Å². The number of hydrogen-bond acceptors (Lipinski definition) is 6. The second-order valence-corrected chi connectivity index (χ2v) is 9.88. The number of aliphatic hydroxyl groups excluding tert-OH is 1. The van der Waals surface area contributed by atoms with Gasteiger partial charge in [-0.3, -0.25) is 9.59 Å². The van der Waals surface area contributed by atoms with Crippen LogP contribution in [0.25, 0.3) is 5.76 Å². The van der Waals surface area contributed by atoms with E-state index in [1.807, 2.05) is 59.5 Å². The highest BCUT2D eigenvalue weighted by Crippen LogP contribution is 2.41. The van der Waals surface area contributed by atoms with Crippen LogP contribution in [0, 0.1) is 6.92 Å². The van der Waals surface area contributed by atoms with Gasteiger partial charge in [0.15, 0.2) is 0 Å². The SMILES string of the molecule is Cc1ccccc1COc1ccc(/C(O)=C2/C(=O)C(=O)N(CCCn3ccnc3)C2c2cccs2)cc1. The molecule has 0 radical (unpaired) electrons. The monoisotopic (exact) mass is 513 g/mol. The van der Waals surface area contributed by atoms with Gasteiger partial charge in [0.05, 0.1) is 17.9 Å². The molecule has 0 saturated carbocycles. The third-order valence-electron chi connectivity index (χ3n) is 6.51. The molecule has 0 bridgehead atoms. The van der Waals surface area contributed by atoms with Crippen LogP contribution in [0.15, 0.2) is 90.3 Å². The number of nitrogens with zero attached hydrogens (tertiary/aromatic N) is 3. The highest BCUT2D eigenvalue weighted by atomic mass is 32.1. The highest BCUT2D eigenvalue weighted by molar-refractivity contribution is 7.10. The third kappa shape index (κ3) is 5.20. The molecule has 3 heterocycles. The molecule has 7 nitrogen and oxygen atoms in total. The average molecular weight is 514 g/mol. The lowest BCUT2D eigenvalue weighted by Crippen LogP contribution is -2.31. The maximum Gasteiger partial charge on any atom is 0.295 e. The molecular formula is C29H27N3O4S. The number of thiophene rings is 1. The van der Waals surface area contributed by atoms with Crippen LogP contribution in [-0.4, -0.2) is 37.8 Å². The molecule has 1 unspecified atom stereocenters. The van der Waals surface area contributed by atoms with Gasteiger partial charge in [-0.05, 0) is 60.2 Å². The molecule has 2 aromatic carbocycles. The molecule has 1 fully saturated rings. The number of carbonyl (C=O) groups excluding carboxylic acids is 2. The zero-order chi connectivity index (χ0) is 25.8. The van der Waals surface area contributed by atoms with E-state index in [2.05, 4.69) is 4.98 Å². The summed E-state index contributed by atoms with van der Waals surface area (Å²) in [5.74, 6) is -0.795. The quantitative estimate of drug-likeness (QED) is 0.185. The number of imidazole rings is 1. The summed E-state index contributed by atoms with van der Waals surface area (Å²) in [5, 5.41) is 13.1. The Labute approximate surface area is 219 Å². The van der Waals surface area contributed by atoms with E-state index in [9.17, 15) is 14.7 Å². The van der Waals surface area contributed by atoms with Gasteiger partial charge in [0.25, 0.3) is 11.7 Å². The molecule has 1 aliphatic rings. The Morgan fingerprint density at radius 2 is 1.86 bits per heavy atom. The molecule has 4 aromatic rings. The number of ketones is 1.